The molecule has 0 spiro atoms. The van der Waals surface area contributed by atoms with E-state index >= 15 is 0 Å². The Labute approximate surface area is 81.1 Å². The average molecular weight is 186 g/mol. The van der Waals surface area contributed by atoms with Crippen molar-refractivity contribution in [2.45, 2.75) is 40.2 Å². The molecular weight excluding hydrogens is 164 g/mol. The molecule has 0 heterocycles. The summed E-state index contributed by atoms with van der Waals surface area (Å²) in [7, 11) is 0. The summed E-state index contributed by atoms with van der Waals surface area (Å²) in [4.78, 5) is 10.6. The predicted octanol–water partition coefficient (Wildman–Crippen LogP) is 0.928. The van der Waals surface area contributed by atoms with E-state index < -0.39 is 0 Å². The van der Waals surface area contributed by atoms with Crippen LogP contribution in [-0.4, -0.2) is 24.9 Å². The van der Waals surface area contributed by atoms with Crippen molar-refractivity contribution < 1.29 is 4.79 Å². The number of rotatable bonds is 5. The first kappa shape index (κ1) is 12.6. The molecule has 0 aliphatic carbocycles. The number of hydrogen-bond donors (Lipinski definition) is 2. The number of hydrogen-bond acceptors (Lipinski definition) is 3. The second kappa shape index (κ2) is 5.35. The van der Waals surface area contributed by atoms with E-state index in [1.54, 1.807) is 6.92 Å². The molecule has 0 aliphatic heterocycles. The normalized spacial score (nSPS) is 14.2. The van der Waals surface area contributed by atoms with E-state index in [2.05, 4.69) is 26.1 Å². The number of Topliss-reactive ketones (excluding diaryl/α,β-unsaturated/α-hetero) is 1. The van der Waals surface area contributed by atoms with Gasteiger partial charge in [0.25, 0.3) is 0 Å². The van der Waals surface area contributed by atoms with Crippen LogP contribution in [0.4, 0.5) is 0 Å². The Morgan fingerprint density at radius 2 is 2.00 bits per heavy atom. The van der Waals surface area contributed by atoms with Gasteiger partial charge in [-0.05, 0) is 18.8 Å². The van der Waals surface area contributed by atoms with E-state index in [9.17, 15) is 4.79 Å². The number of carbonyl (C=O) groups is 1. The van der Waals surface area contributed by atoms with Gasteiger partial charge in [-0.3, -0.25) is 4.79 Å². The van der Waals surface area contributed by atoms with E-state index in [4.69, 9.17) is 5.73 Å². The summed E-state index contributed by atoms with van der Waals surface area (Å²) in [5.41, 5.74) is 6.13. The molecule has 3 nitrogen and oxygen atoms in total. The van der Waals surface area contributed by atoms with Crippen LogP contribution in [0.3, 0.4) is 0 Å². The number of nitrogens with one attached hydrogen (secondary N) is 1. The zero-order chi connectivity index (χ0) is 10.5. The minimum atomic E-state index is 0.138. The van der Waals surface area contributed by atoms with Gasteiger partial charge in [-0.15, -0.1) is 0 Å². The minimum Gasteiger partial charge on any atom is -0.327 e. The summed E-state index contributed by atoms with van der Waals surface area (Å²) in [5.74, 6) is 0.156. The highest BCUT2D eigenvalue weighted by Gasteiger charge is 2.14. The monoisotopic (exact) mass is 186 g/mol. The molecule has 3 N–H and O–H groups in total. The molecule has 0 aromatic heterocycles. The lowest BCUT2D eigenvalue weighted by Gasteiger charge is -2.23. The molecule has 0 saturated heterocycles. The highest BCUT2D eigenvalue weighted by atomic mass is 16.1. The number of ketones is 1. The van der Waals surface area contributed by atoms with Gasteiger partial charge in [-0.2, -0.15) is 0 Å². The fourth-order valence-electron chi connectivity index (χ4n) is 1.29. The third-order valence-electron chi connectivity index (χ3n) is 1.66. The molecule has 0 aromatic carbocycles. The van der Waals surface area contributed by atoms with E-state index in [1.807, 2.05) is 0 Å². The molecule has 0 saturated carbocycles. The van der Waals surface area contributed by atoms with Crippen LogP contribution in [-0.2, 0) is 4.79 Å². The molecule has 3 heteroatoms. The van der Waals surface area contributed by atoms with Gasteiger partial charge in [0.1, 0.15) is 5.78 Å². The largest absolute Gasteiger partial charge is 0.327 e. The second-order valence-corrected chi connectivity index (χ2v) is 4.86. The molecule has 13 heavy (non-hydrogen) atoms. The predicted molar refractivity (Wildman–Crippen MR) is 55.6 cm³/mol. The maximum atomic E-state index is 10.6. The third kappa shape index (κ3) is 9.50. The van der Waals surface area contributed by atoms with Crippen LogP contribution in [0.1, 0.15) is 34.1 Å². The molecular formula is C10H22N2O. The summed E-state index contributed by atoms with van der Waals surface area (Å²) in [6.07, 6.45) is 0.970. The summed E-state index contributed by atoms with van der Waals surface area (Å²) >= 11 is 0. The summed E-state index contributed by atoms with van der Waals surface area (Å²) in [5, 5.41) is 3.03. The Hall–Kier alpha value is -0.410. The SMILES string of the molecule is CC(=O)CNC[C@@H](N)CC(C)(C)C. The average Bonchev–Trinajstić information content (AvgIpc) is 1.81. The van der Waals surface area contributed by atoms with Crippen LogP contribution in [0.25, 0.3) is 0 Å². The lowest BCUT2D eigenvalue weighted by atomic mass is 9.88. The Kier molecular flexibility index (Phi) is 5.18. The van der Waals surface area contributed by atoms with E-state index in [-0.39, 0.29) is 17.2 Å². The van der Waals surface area contributed by atoms with Crippen LogP contribution in [0.5, 0.6) is 0 Å². The lowest BCUT2D eigenvalue weighted by molar-refractivity contribution is -0.116. The van der Waals surface area contributed by atoms with E-state index in [1.165, 1.54) is 0 Å². The van der Waals surface area contributed by atoms with Gasteiger partial charge in [0, 0.05) is 12.6 Å². The molecule has 0 rings (SSSR count). The van der Waals surface area contributed by atoms with Crippen LogP contribution in [0.2, 0.25) is 0 Å². The van der Waals surface area contributed by atoms with Crippen LogP contribution < -0.4 is 11.1 Å². The number of nitrogens with two attached hydrogens (primary N) is 1. The van der Waals surface area contributed by atoms with Crippen molar-refractivity contribution in [2.24, 2.45) is 11.1 Å². The molecule has 0 bridgehead atoms. The van der Waals surface area contributed by atoms with Gasteiger partial charge in [-0.1, -0.05) is 20.8 Å². The third-order valence-corrected chi connectivity index (χ3v) is 1.66. The molecule has 0 amide bonds. The van der Waals surface area contributed by atoms with Gasteiger partial charge in [0.2, 0.25) is 0 Å². The molecule has 1 atom stereocenters. The van der Waals surface area contributed by atoms with Gasteiger partial charge in [0.15, 0.2) is 0 Å². The van der Waals surface area contributed by atoms with Crippen molar-refractivity contribution in [1.82, 2.24) is 5.32 Å². The zero-order valence-corrected chi connectivity index (χ0v) is 9.18. The lowest BCUT2D eigenvalue weighted by Crippen LogP contribution is -2.38. The maximum absolute atomic E-state index is 10.6. The molecule has 0 fully saturated rings. The van der Waals surface area contributed by atoms with Gasteiger partial charge in [0.05, 0.1) is 6.54 Å². The minimum absolute atomic E-state index is 0.138. The highest BCUT2D eigenvalue weighted by molar-refractivity contribution is 5.77. The quantitative estimate of drug-likeness (QED) is 0.671. The van der Waals surface area contributed by atoms with Gasteiger partial charge in [-0.25, -0.2) is 0 Å². The molecule has 0 unspecified atom stereocenters. The first-order valence-corrected chi connectivity index (χ1v) is 4.77. The molecule has 0 aliphatic rings. The van der Waals surface area contributed by atoms with Crippen molar-refractivity contribution in [3.05, 3.63) is 0 Å². The fourth-order valence-corrected chi connectivity index (χ4v) is 1.29. The van der Waals surface area contributed by atoms with E-state index in [0.717, 1.165) is 13.0 Å². The van der Waals surface area contributed by atoms with Crippen molar-refractivity contribution in [2.75, 3.05) is 13.1 Å². The zero-order valence-electron chi connectivity index (χ0n) is 9.18. The van der Waals surface area contributed by atoms with Crippen LogP contribution >= 0.6 is 0 Å². The van der Waals surface area contributed by atoms with Gasteiger partial charge < -0.3 is 11.1 Å². The van der Waals surface area contributed by atoms with Crippen molar-refractivity contribution in [3.8, 4) is 0 Å². The van der Waals surface area contributed by atoms with Crippen LogP contribution in [0, 0.1) is 5.41 Å². The molecule has 0 radical (unpaired) electrons. The summed E-state index contributed by atoms with van der Waals surface area (Å²) in [6.45, 7) is 9.21. The molecule has 0 aromatic rings. The number of carbonyl (C=O) groups excluding carboxylic acids is 1. The topological polar surface area (TPSA) is 55.1 Å². The van der Waals surface area contributed by atoms with E-state index in [0.29, 0.717) is 6.54 Å². The van der Waals surface area contributed by atoms with Gasteiger partial charge >= 0.3 is 0 Å². The van der Waals surface area contributed by atoms with Crippen LogP contribution in [0.15, 0.2) is 0 Å². The Balaban J connectivity index is 3.52. The smallest absolute Gasteiger partial charge is 0.143 e. The standard InChI is InChI=1S/C10H22N2O/c1-8(13)6-12-7-9(11)5-10(2,3)4/h9,12H,5-7,11H2,1-4H3/t9-/m0/s1. The highest BCUT2D eigenvalue weighted by Crippen LogP contribution is 2.19. The fraction of sp³-hybridized carbons (Fsp3) is 0.900. The Bertz CT molecular complexity index is 161. The van der Waals surface area contributed by atoms with Crippen molar-refractivity contribution >= 4 is 5.78 Å². The summed E-state index contributed by atoms with van der Waals surface area (Å²) in [6, 6.07) is 0.138. The summed E-state index contributed by atoms with van der Waals surface area (Å²) < 4.78 is 0. The second-order valence-electron chi connectivity index (χ2n) is 4.86. The molecule has 78 valence electrons. The Morgan fingerprint density at radius 1 is 1.46 bits per heavy atom. The maximum Gasteiger partial charge on any atom is 0.143 e. The van der Waals surface area contributed by atoms with Crippen molar-refractivity contribution in [3.63, 3.8) is 0 Å². The first-order chi connectivity index (χ1) is 5.81. The van der Waals surface area contributed by atoms with Crippen molar-refractivity contribution in [1.29, 1.82) is 0 Å². The first-order valence-electron chi connectivity index (χ1n) is 4.77. The Morgan fingerprint density at radius 3 is 2.38 bits per heavy atom.